The molecule has 15 heteroatoms. The highest BCUT2D eigenvalue weighted by Crippen LogP contribution is 2.32. The Bertz CT molecular complexity index is 1080. The first-order valence-corrected chi connectivity index (χ1v) is 8.78. The number of hydrogen-bond acceptors (Lipinski definition) is 6. The molecule has 0 aliphatic carbocycles. The van der Waals surface area contributed by atoms with Crippen LogP contribution in [0.1, 0.15) is 34.7 Å². The minimum Gasteiger partial charge on any atom is -0.432 e. The maximum absolute atomic E-state index is 13.0. The van der Waals surface area contributed by atoms with E-state index in [-0.39, 0.29) is 41.6 Å². The van der Waals surface area contributed by atoms with Gasteiger partial charge in [-0.2, -0.15) is 45.2 Å². The highest BCUT2D eigenvalue weighted by atomic mass is 35.5. The topological polar surface area (TPSA) is 94.8 Å². The molecule has 0 fully saturated rings. The second-order valence-electron chi connectivity index (χ2n) is 6.05. The molecule has 1 amide bonds. The first-order valence-electron chi connectivity index (χ1n) is 8.40. The van der Waals surface area contributed by atoms with Crippen molar-refractivity contribution in [3.63, 3.8) is 0 Å². The van der Waals surface area contributed by atoms with Crippen molar-refractivity contribution in [3.05, 3.63) is 58.9 Å². The number of benzene rings is 1. The minimum atomic E-state index is -4.68. The number of hydrogen-bond donors (Lipinski definition) is 1. The summed E-state index contributed by atoms with van der Waals surface area (Å²) in [6.07, 6.45) is -1.56. The third-order valence-electron chi connectivity index (χ3n) is 3.83. The van der Waals surface area contributed by atoms with Gasteiger partial charge in [-0.3, -0.25) is 4.79 Å². The molecule has 1 atom stereocenters. The minimum absolute atomic E-state index is 0. The van der Waals surface area contributed by atoms with Crippen LogP contribution in [0.5, 0.6) is 5.75 Å². The van der Waals surface area contributed by atoms with Gasteiger partial charge in [-0.1, -0.05) is 11.6 Å². The van der Waals surface area contributed by atoms with Gasteiger partial charge >= 0.3 is 12.8 Å². The van der Waals surface area contributed by atoms with Crippen molar-refractivity contribution in [1.82, 2.24) is 30.0 Å². The van der Waals surface area contributed by atoms with E-state index in [1.165, 1.54) is 6.92 Å². The van der Waals surface area contributed by atoms with Crippen LogP contribution in [-0.4, -0.2) is 37.3 Å². The summed E-state index contributed by atoms with van der Waals surface area (Å²) in [4.78, 5) is 24.1. The van der Waals surface area contributed by atoms with Crippen molar-refractivity contribution in [2.45, 2.75) is 25.8 Å². The van der Waals surface area contributed by atoms with E-state index in [0.29, 0.717) is 12.1 Å². The second-order valence-corrected chi connectivity index (χ2v) is 6.49. The zero-order valence-electron chi connectivity index (χ0n) is 15.9. The largest absolute Gasteiger partial charge is 0.432 e. The predicted molar refractivity (Wildman–Crippen MR) is 106 cm³/mol. The average Bonchev–Trinajstić information content (AvgIpc) is 3.17. The van der Waals surface area contributed by atoms with Crippen molar-refractivity contribution in [3.8, 4) is 11.7 Å². The molecule has 1 aromatic carbocycles. The summed E-state index contributed by atoms with van der Waals surface area (Å²) in [5.41, 5.74) is -1.37. The fraction of sp³-hybridized carbons (Fsp3) is 0.235. The third-order valence-corrected chi connectivity index (χ3v) is 4.04. The van der Waals surface area contributed by atoms with E-state index >= 15 is 0 Å². The molecule has 2 heterocycles. The Morgan fingerprint density at radius 3 is 2.41 bits per heavy atom. The lowest BCUT2D eigenvalue weighted by atomic mass is 10.1. The van der Waals surface area contributed by atoms with Crippen LogP contribution >= 0.6 is 25.1 Å². The van der Waals surface area contributed by atoms with E-state index in [1.807, 2.05) is 0 Å². The lowest BCUT2D eigenvalue weighted by Gasteiger charge is -2.15. The zero-order valence-corrected chi connectivity index (χ0v) is 17.7. The first kappa shape index (κ1) is 25.3. The van der Waals surface area contributed by atoms with Crippen molar-refractivity contribution < 1.29 is 31.5 Å². The van der Waals surface area contributed by atoms with Crippen LogP contribution in [0.3, 0.4) is 0 Å². The van der Waals surface area contributed by atoms with Crippen LogP contribution in [0.2, 0.25) is 5.02 Å². The fourth-order valence-electron chi connectivity index (χ4n) is 2.51. The molecule has 8 nitrogen and oxygen atoms in total. The van der Waals surface area contributed by atoms with Crippen molar-refractivity contribution in [2.75, 3.05) is 0 Å². The number of halogens is 6. The normalized spacial score (nSPS) is 12.2. The lowest BCUT2D eigenvalue weighted by molar-refractivity contribution is -0.137. The van der Waals surface area contributed by atoms with Gasteiger partial charge in [0.2, 0.25) is 0 Å². The molecule has 0 aliphatic rings. The monoisotopic (exact) mass is 496 g/mol. The number of carbonyl (C=O) groups is 1. The summed E-state index contributed by atoms with van der Waals surface area (Å²) in [5.74, 6) is -1.04. The van der Waals surface area contributed by atoms with Crippen molar-refractivity contribution in [1.29, 1.82) is 0 Å². The van der Waals surface area contributed by atoms with E-state index in [1.54, 1.807) is 0 Å². The third kappa shape index (κ3) is 6.03. The van der Waals surface area contributed by atoms with E-state index in [0.717, 1.165) is 29.5 Å². The highest BCUT2D eigenvalue weighted by molar-refractivity contribution is 7.59. The molecule has 0 spiro atoms. The van der Waals surface area contributed by atoms with Crippen LogP contribution in [0.25, 0.3) is 5.95 Å². The van der Waals surface area contributed by atoms with Gasteiger partial charge in [-0.05, 0) is 25.1 Å². The Balaban J connectivity index is 0.00000363. The molecular formula is C17H14ClF5N6O2S. The number of rotatable bonds is 6. The van der Waals surface area contributed by atoms with Crippen LogP contribution in [-0.2, 0) is 6.18 Å². The summed E-state index contributed by atoms with van der Waals surface area (Å²) in [6, 6.07) is 1.62. The molecule has 3 aromatic rings. The Hall–Kier alpha value is -3.00. The highest BCUT2D eigenvalue weighted by Gasteiger charge is 2.32. The molecule has 0 unspecified atom stereocenters. The van der Waals surface area contributed by atoms with Gasteiger partial charge in [0.15, 0.2) is 11.6 Å². The predicted octanol–water partition coefficient (Wildman–Crippen LogP) is 3.93. The van der Waals surface area contributed by atoms with Crippen LogP contribution in [0.4, 0.5) is 22.0 Å². The van der Waals surface area contributed by atoms with Gasteiger partial charge in [-0.15, -0.1) is 0 Å². The fourth-order valence-corrected chi connectivity index (χ4v) is 2.75. The number of alkyl halides is 5. The van der Waals surface area contributed by atoms with Gasteiger partial charge < -0.3 is 10.1 Å². The zero-order chi connectivity index (χ0) is 22.8. The van der Waals surface area contributed by atoms with Crippen LogP contribution < -0.4 is 10.1 Å². The number of aromatic nitrogens is 5. The quantitative estimate of drug-likeness (QED) is 0.520. The molecule has 2 aromatic heterocycles. The van der Waals surface area contributed by atoms with Gasteiger partial charge in [-0.25, -0.2) is 15.0 Å². The summed E-state index contributed by atoms with van der Waals surface area (Å²) < 4.78 is 68.6. The molecule has 0 saturated carbocycles. The molecule has 1 N–H and O–H groups in total. The van der Waals surface area contributed by atoms with Crippen molar-refractivity contribution in [2.24, 2.45) is 0 Å². The Morgan fingerprint density at radius 1 is 1.16 bits per heavy atom. The Morgan fingerprint density at radius 2 is 1.81 bits per heavy atom. The summed E-state index contributed by atoms with van der Waals surface area (Å²) in [6.45, 7) is -1.54. The van der Waals surface area contributed by atoms with Gasteiger partial charge in [0, 0.05) is 10.6 Å². The summed E-state index contributed by atoms with van der Waals surface area (Å²) in [5, 5.41) is 6.14. The van der Waals surface area contributed by atoms with E-state index in [2.05, 4.69) is 30.1 Å². The Kier molecular flexibility index (Phi) is 7.96. The molecular weight excluding hydrogens is 483 g/mol. The number of nitrogens with one attached hydrogen (secondary N) is 1. The summed E-state index contributed by atoms with van der Waals surface area (Å²) in [7, 11) is 0. The maximum atomic E-state index is 13.0. The average molecular weight is 497 g/mol. The second kappa shape index (κ2) is 10.1. The van der Waals surface area contributed by atoms with Gasteiger partial charge in [0.05, 0.1) is 24.0 Å². The lowest BCUT2D eigenvalue weighted by Crippen LogP contribution is -2.29. The molecule has 0 bridgehead atoms. The standard InChI is InChI=1S/C17H12ClF5N6O2.H2S/c1-8(28-14(30)9-2-10(17(21,22)23)4-11(18)3-9)13-26-7-27-29(13)16-24-5-12(6-25-16)31-15(19)20;/h2-8,15H,1H3,(H,28,30);1H2/t8-;/m0./s1. The first-order chi connectivity index (χ1) is 14.5. The molecule has 0 radical (unpaired) electrons. The summed E-state index contributed by atoms with van der Waals surface area (Å²) >= 11 is 5.71. The molecule has 3 rings (SSSR count). The van der Waals surface area contributed by atoms with Crippen LogP contribution in [0.15, 0.2) is 36.9 Å². The van der Waals surface area contributed by atoms with Gasteiger partial charge in [0.1, 0.15) is 6.33 Å². The SMILES string of the molecule is C[C@H](NC(=O)c1cc(Cl)cc(C(F)(F)F)c1)c1ncnn1-c1ncc(OC(F)F)cn1.S. The molecule has 172 valence electrons. The number of carbonyl (C=O) groups excluding carboxylic acids is 1. The van der Waals surface area contributed by atoms with E-state index in [4.69, 9.17) is 11.6 Å². The number of nitrogens with zero attached hydrogens (tertiary/aromatic N) is 5. The molecule has 32 heavy (non-hydrogen) atoms. The Labute approximate surface area is 189 Å². The molecule has 0 aliphatic heterocycles. The molecule has 0 saturated heterocycles. The van der Waals surface area contributed by atoms with Gasteiger partial charge in [0.25, 0.3) is 11.9 Å². The van der Waals surface area contributed by atoms with E-state index in [9.17, 15) is 26.7 Å². The maximum Gasteiger partial charge on any atom is 0.416 e. The smallest absolute Gasteiger partial charge is 0.416 e. The van der Waals surface area contributed by atoms with Crippen LogP contribution in [0, 0.1) is 0 Å². The number of amides is 1. The number of ether oxygens (including phenoxy) is 1. The van der Waals surface area contributed by atoms with E-state index < -0.39 is 30.3 Å². The van der Waals surface area contributed by atoms with Crippen molar-refractivity contribution >= 4 is 31.0 Å².